The minimum absolute atomic E-state index is 0.102. The van der Waals surface area contributed by atoms with Gasteiger partial charge in [0.2, 0.25) is 0 Å². The lowest BCUT2D eigenvalue weighted by Crippen LogP contribution is -2.38. The van der Waals surface area contributed by atoms with E-state index in [1.807, 2.05) is 12.3 Å². The number of rotatable bonds is 5. The van der Waals surface area contributed by atoms with Gasteiger partial charge in [-0.1, -0.05) is 0 Å². The van der Waals surface area contributed by atoms with E-state index in [1.54, 1.807) is 11.3 Å². The molecule has 2 rings (SSSR count). The first-order valence-electron chi connectivity index (χ1n) is 6.06. The fraction of sp³-hybridized carbons (Fsp3) is 0.727. The van der Waals surface area contributed by atoms with Gasteiger partial charge in [-0.2, -0.15) is 0 Å². The first kappa shape index (κ1) is 13.9. The highest BCUT2D eigenvalue weighted by Gasteiger charge is 2.29. The quantitative estimate of drug-likeness (QED) is 0.614. The van der Waals surface area contributed by atoms with Crippen LogP contribution >= 0.6 is 11.3 Å². The Kier molecular flexibility index (Phi) is 4.37. The van der Waals surface area contributed by atoms with Crippen molar-refractivity contribution < 1.29 is 8.42 Å². The summed E-state index contributed by atoms with van der Waals surface area (Å²) in [6.07, 6.45) is 2.32. The highest BCUT2D eigenvalue weighted by atomic mass is 32.2. The van der Waals surface area contributed by atoms with Crippen molar-refractivity contribution in [3.63, 3.8) is 0 Å². The maximum atomic E-state index is 11.4. The van der Waals surface area contributed by atoms with E-state index < -0.39 is 9.84 Å². The summed E-state index contributed by atoms with van der Waals surface area (Å²) >= 11 is 1.62. The average molecular weight is 289 g/mol. The summed E-state index contributed by atoms with van der Waals surface area (Å²) in [6, 6.07) is 0.102. The molecule has 3 N–H and O–H groups in total. The molecule has 0 aliphatic carbocycles. The van der Waals surface area contributed by atoms with Gasteiger partial charge >= 0.3 is 0 Å². The van der Waals surface area contributed by atoms with Crippen molar-refractivity contribution in [3.8, 4) is 0 Å². The van der Waals surface area contributed by atoms with Gasteiger partial charge < -0.3 is 0 Å². The maximum Gasteiger partial charge on any atom is 0.150 e. The zero-order valence-electron chi connectivity index (χ0n) is 10.4. The molecule has 2 heterocycles. The van der Waals surface area contributed by atoms with Crippen LogP contribution in [0.25, 0.3) is 0 Å². The third-order valence-electron chi connectivity index (χ3n) is 3.30. The molecule has 2 atom stereocenters. The van der Waals surface area contributed by atoms with Gasteiger partial charge in [0.15, 0.2) is 9.84 Å². The van der Waals surface area contributed by atoms with Gasteiger partial charge in [-0.25, -0.2) is 13.4 Å². The highest BCUT2D eigenvalue weighted by Crippen LogP contribution is 2.24. The van der Waals surface area contributed by atoms with Crippen LogP contribution in [0, 0.1) is 12.8 Å². The zero-order chi connectivity index (χ0) is 13.2. The van der Waals surface area contributed by atoms with Crippen LogP contribution in [-0.2, 0) is 16.3 Å². The normalized spacial score (nSPS) is 24.2. The number of thiazole rings is 1. The van der Waals surface area contributed by atoms with Crippen LogP contribution in [-0.4, -0.2) is 30.9 Å². The molecule has 0 aromatic carbocycles. The van der Waals surface area contributed by atoms with E-state index in [4.69, 9.17) is 5.84 Å². The number of nitrogens with one attached hydrogen (secondary N) is 1. The van der Waals surface area contributed by atoms with E-state index in [0.717, 1.165) is 30.0 Å². The Morgan fingerprint density at radius 2 is 2.44 bits per heavy atom. The van der Waals surface area contributed by atoms with Crippen LogP contribution in [0.5, 0.6) is 0 Å². The topological polar surface area (TPSA) is 85.1 Å². The Hall–Kier alpha value is -0.500. The molecule has 2 unspecified atom stereocenters. The standard InChI is InChI=1S/C11H19N3O2S2/c1-8-13-11(6-17-8)5-10(14-12)4-9-2-3-18(15,16)7-9/h6,9-10,14H,2-5,7,12H2,1H3. The zero-order valence-corrected chi connectivity index (χ0v) is 12.1. The molecular weight excluding hydrogens is 270 g/mol. The third-order valence-corrected chi connectivity index (χ3v) is 5.96. The lowest BCUT2D eigenvalue weighted by Gasteiger charge is -2.18. The summed E-state index contributed by atoms with van der Waals surface area (Å²) in [5.41, 5.74) is 3.81. The SMILES string of the molecule is Cc1nc(CC(CC2CCS(=O)(=O)C2)NN)cs1. The molecule has 1 aliphatic rings. The number of hydrazine groups is 1. The Bertz CT molecular complexity index is 498. The number of aryl methyl sites for hydroxylation is 1. The Morgan fingerprint density at radius 3 is 2.94 bits per heavy atom. The summed E-state index contributed by atoms with van der Waals surface area (Å²) in [4.78, 5) is 4.41. The van der Waals surface area contributed by atoms with Crippen molar-refractivity contribution in [2.24, 2.45) is 11.8 Å². The van der Waals surface area contributed by atoms with Crippen molar-refractivity contribution in [2.45, 2.75) is 32.2 Å². The highest BCUT2D eigenvalue weighted by molar-refractivity contribution is 7.91. The Balaban J connectivity index is 1.90. The lowest BCUT2D eigenvalue weighted by molar-refractivity contribution is 0.406. The number of aromatic nitrogens is 1. The number of nitrogens with zero attached hydrogens (tertiary/aromatic N) is 1. The van der Waals surface area contributed by atoms with Gasteiger partial charge in [0.05, 0.1) is 22.2 Å². The largest absolute Gasteiger partial charge is 0.271 e. The van der Waals surface area contributed by atoms with Crippen LogP contribution < -0.4 is 11.3 Å². The summed E-state index contributed by atoms with van der Waals surface area (Å²) in [5, 5.41) is 3.08. The van der Waals surface area contributed by atoms with Crippen LogP contribution in [0.4, 0.5) is 0 Å². The predicted molar refractivity (Wildman–Crippen MR) is 73.0 cm³/mol. The minimum Gasteiger partial charge on any atom is -0.271 e. The molecule has 1 aromatic rings. The van der Waals surface area contributed by atoms with E-state index in [0.29, 0.717) is 11.5 Å². The molecule has 0 amide bonds. The maximum absolute atomic E-state index is 11.4. The Labute approximate surface area is 112 Å². The number of hydrogen-bond acceptors (Lipinski definition) is 6. The van der Waals surface area contributed by atoms with Gasteiger partial charge in [-0.3, -0.25) is 11.3 Å². The summed E-state index contributed by atoms with van der Waals surface area (Å²) in [6.45, 7) is 1.97. The first-order valence-corrected chi connectivity index (χ1v) is 8.76. The Morgan fingerprint density at radius 1 is 1.67 bits per heavy atom. The molecule has 0 spiro atoms. The van der Waals surface area contributed by atoms with Crippen molar-refractivity contribution in [3.05, 3.63) is 16.1 Å². The van der Waals surface area contributed by atoms with Crippen molar-refractivity contribution in [2.75, 3.05) is 11.5 Å². The average Bonchev–Trinajstić information content (AvgIpc) is 2.84. The molecular formula is C11H19N3O2S2. The van der Waals surface area contributed by atoms with Gasteiger partial charge in [-0.05, 0) is 25.7 Å². The second kappa shape index (κ2) is 5.64. The van der Waals surface area contributed by atoms with Crippen molar-refractivity contribution >= 4 is 21.2 Å². The number of nitrogens with two attached hydrogens (primary N) is 1. The first-order chi connectivity index (χ1) is 8.48. The van der Waals surface area contributed by atoms with Crippen molar-refractivity contribution in [1.29, 1.82) is 0 Å². The fourth-order valence-corrected chi connectivity index (χ4v) is 4.93. The fourth-order valence-electron chi connectivity index (χ4n) is 2.43. The van der Waals surface area contributed by atoms with E-state index in [-0.39, 0.29) is 12.0 Å². The molecule has 1 aromatic heterocycles. The van der Waals surface area contributed by atoms with Crippen LogP contribution in [0.3, 0.4) is 0 Å². The summed E-state index contributed by atoms with van der Waals surface area (Å²) in [7, 11) is -2.80. The molecule has 1 fully saturated rings. The monoisotopic (exact) mass is 289 g/mol. The molecule has 7 heteroatoms. The van der Waals surface area contributed by atoms with Gasteiger partial charge in [0.1, 0.15) is 0 Å². The van der Waals surface area contributed by atoms with E-state index >= 15 is 0 Å². The van der Waals surface area contributed by atoms with Crippen LogP contribution in [0.2, 0.25) is 0 Å². The lowest BCUT2D eigenvalue weighted by atomic mass is 9.97. The van der Waals surface area contributed by atoms with Crippen LogP contribution in [0.15, 0.2) is 5.38 Å². The second-order valence-electron chi connectivity index (χ2n) is 4.93. The summed E-state index contributed by atoms with van der Waals surface area (Å²) in [5.74, 6) is 6.41. The molecule has 0 saturated carbocycles. The van der Waals surface area contributed by atoms with Crippen molar-refractivity contribution in [1.82, 2.24) is 10.4 Å². The van der Waals surface area contributed by atoms with Gasteiger partial charge in [0.25, 0.3) is 0 Å². The van der Waals surface area contributed by atoms with Gasteiger partial charge in [0, 0.05) is 17.8 Å². The number of hydrogen-bond donors (Lipinski definition) is 2. The third kappa shape index (κ3) is 3.74. The molecule has 102 valence electrons. The molecule has 1 aliphatic heterocycles. The molecule has 18 heavy (non-hydrogen) atoms. The van der Waals surface area contributed by atoms with E-state index in [9.17, 15) is 8.42 Å². The molecule has 1 saturated heterocycles. The second-order valence-corrected chi connectivity index (χ2v) is 8.22. The minimum atomic E-state index is -2.80. The van der Waals surface area contributed by atoms with E-state index in [1.165, 1.54) is 0 Å². The molecule has 5 nitrogen and oxygen atoms in total. The predicted octanol–water partition coefficient (Wildman–Crippen LogP) is 0.651. The smallest absolute Gasteiger partial charge is 0.150 e. The summed E-state index contributed by atoms with van der Waals surface area (Å²) < 4.78 is 22.8. The van der Waals surface area contributed by atoms with Gasteiger partial charge in [-0.15, -0.1) is 11.3 Å². The number of sulfone groups is 1. The van der Waals surface area contributed by atoms with Crippen LogP contribution in [0.1, 0.15) is 23.5 Å². The molecule has 0 radical (unpaired) electrons. The molecule has 0 bridgehead atoms. The van der Waals surface area contributed by atoms with E-state index in [2.05, 4.69) is 10.4 Å².